The highest BCUT2D eigenvalue weighted by Crippen LogP contribution is 2.55. The summed E-state index contributed by atoms with van der Waals surface area (Å²) in [5.74, 6) is 1.67. The van der Waals surface area contributed by atoms with Gasteiger partial charge in [-0.1, -0.05) is 0 Å². The highest BCUT2D eigenvalue weighted by atomic mass is 32.1. The Balaban J connectivity index is 2.10. The van der Waals surface area contributed by atoms with Crippen molar-refractivity contribution in [2.45, 2.75) is 31.1 Å². The van der Waals surface area contributed by atoms with Crippen LogP contribution >= 0.6 is 11.3 Å². The van der Waals surface area contributed by atoms with Crippen LogP contribution in [0.2, 0.25) is 0 Å². The fraction of sp³-hybridized carbons (Fsp3) is 0.667. The molecule has 2 unspecified atom stereocenters. The standard InChI is InChI=1S/C9H12N2S/c1-10-9-11-7-5-2-3-6(4-5)8(7)12-9/h5-6H,2-4H2,1H3,(H,10,11). The van der Waals surface area contributed by atoms with Crippen LogP contribution < -0.4 is 5.32 Å². The predicted molar refractivity (Wildman–Crippen MR) is 51.0 cm³/mol. The summed E-state index contributed by atoms with van der Waals surface area (Å²) in [6, 6.07) is 0. The lowest BCUT2D eigenvalue weighted by Gasteiger charge is -2.06. The summed E-state index contributed by atoms with van der Waals surface area (Å²) < 4.78 is 0. The maximum absolute atomic E-state index is 4.60. The van der Waals surface area contributed by atoms with Gasteiger partial charge in [0.2, 0.25) is 0 Å². The molecule has 0 spiro atoms. The molecule has 0 aromatic carbocycles. The molecule has 1 saturated carbocycles. The van der Waals surface area contributed by atoms with Gasteiger partial charge in [0.1, 0.15) is 0 Å². The lowest BCUT2D eigenvalue weighted by molar-refractivity contribution is 0.709. The van der Waals surface area contributed by atoms with Gasteiger partial charge in [0.25, 0.3) is 0 Å². The Morgan fingerprint density at radius 3 is 3.00 bits per heavy atom. The molecule has 0 amide bonds. The van der Waals surface area contributed by atoms with Crippen molar-refractivity contribution in [3.05, 3.63) is 10.6 Å². The number of fused-ring (bicyclic) bond motifs is 5. The molecule has 3 rings (SSSR count). The summed E-state index contributed by atoms with van der Waals surface area (Å²) >= 11 is 1.86. The second kappa shape index (κ2) is 2.22. The van der Waals surface area contributed by atoms with Crippen LogP contribution in [0.3, 0.4) is 0 Å². The summed E-state index contributed by atoms with van der Waals surface area (Å²) in [7, 11) is 1.95. The normalized spacial score (nSPS) is 30.8. The quantitative estimate of drug-likeness (QED) is 0.718. The fourth-order valence-corrected chi connectivity index (χ4v) is 3.66. The number of anilines is 1. The van der Waals surface area contributed by atoms with Gasteiger partial charge in [-0.15, -0.1) is 11.3 Å². The average Bonchev–Trinajstić information content (AvgIpc) is 2.75. The number of rotatable bonds is 1. The lowest BCUT2D eigenvalue weighted by atomic mass is 10.0. The Kier molecular flexibility index (Phi) is 1.28. The first-order valence-corrected chi connectivity index (χ1v) is 5.38. The van der Waals surface area contributed by atoms with Crippen molar-refractivity contribution in [1.29, 1.82) is 0 Å². The van der Waals surface area contributed by atoms with Gasteiger partial charge < -0.3 is 5.32 Å². The van der Waals surface area contributed by atoms with Crippen molar-refractivity contribution in [3.8, 4) is 0 Å². The Bertz CT molecular complexity index is 291. The lowest BCUT2D eigenvalue weighted by Crippen LogP contribution is -1.94. The fourth-order valence-electron chi connectivity index (χ4n) is 2.50. The second-order valence-corrected chi connectivity index (χ2v) is 4.76. The number of hydrogen-bond donors (Lipinski definition) is 1. The molecule has 0 aliphatic heterocycles. The number of nitrogens with one attached hydrogen (secondary N) is 1. The van der Waals surface area contributed by atoms with Gasteiger partial charge >= 0.3 is 0 Å². The number of aromatic nitrogens is 1. The molecule has 0 radical (unpaired) electrons. The van der Waals surface area contributed by atoms with Crippen LogP contribution in [0.1, 0.15) is 41.7 Å². The zero-order valence-electron chi connectivity index (χ0n) is 7.13. The Morgan fingerprint density at radius 1 is 1.42 bits per heavy atom. The highest BCUT2D eigenvalue weighted by Gasteiger charge is 2.39. The van der Waals surface area contributed by atoms with Gasteiger partial charge in [0.15, 0.2) is 5.13 Å². The van der Waals surface area contributed by atoms with E-state index in [0.717, 1.165) is 17.0 Å². The highest BCUT2D eigenvalue weighted by molar-refractivity contribution is 7.15. The van der Waals surface area contributed by atoms with E-state index in [0.29, 0.717) is 0 Å². The monoisotopic (exact) mass is 180 g/mol. The zero-order valence-corrected chi connectivity index (χ0v) is 7.95. The molecule has 2 bridgehead atoms. The summed E-state index contributed by atoms with van der Waals surface area (Å²) in [6.45, 7) is 0. The molecule has 64 valence electrons. The summed E-state index contributed by atoms with van der Waals surface area (Å²) in [5.41, 5.74) is 1.42. The molecule has 12 heavy (non-hydrogen) atoms. The van der Waals surface area contributed by atoms with E-state index in [-0.39, 0.29) is 0 Å². The Labute approximate surface area is 76.0 Å². The molecule has 2 aliphatic rings. The SMILES string of the molecule is CNc1nc2c(s1)C1CCC2C1. The third kappa shape index (κ3) is 0.724. The van der Waals surface area contributed by atoms with Crippen LogP contribution in [0, 0.1) is 0 Å². The van der Waals surface area contributed by atoms with Gasteiger partial charge in [-0.3, -0.25) is 0 Å². The van der Waals surface area contributed by atoms with Crippen molar-refractivity contribution in [1.82, 2.24) is 4.98 Å². The van der Waals surface area contributed by atoms with E-state index in [1.54, 1.807) is 4.88 Å². The van der Waals surface area contributed by atoms with Gasteiger partial charge in [0.05, 0.1) is 5.69 Å². The van der Waals surface area contributed by atoms with Crippen molar-refractivity contribution >= 4 is 16.5 Å². The zero-order chi connectivity index (χ0) is 8.13. The van der Waals surface area contributed by atoms with E-state index in [1.807, 2.05) is 18.4 Å². The van der Waals surface area contributed by atoms with E-state index >= 15 is 0 Å². The van der Waals surface area contributed by atoms with Gasteiger partial charge in [-0.05, 0) is 25.2 Å². The molecular formula is C9H12N2S. The molecule has 1 heterocycles. The van der Waals surface area contributed by atoms with Crippen molar-refractivity contribution in [2.75, 3.05) is 12.4 Å². The number of nitrogens with zero attached hydrogens (tertiary/aromatic N) is 1. The molecular weight excluding hydrogens is 168 g/mol. The molecule has 1 fully saturated rings. The van der Waals surface area contributed by atoms with Gasteiger partial charge in [-0.2, -0.15) is 0 Å². The summed E-state index contributed by atoms with van der Waals surface area (Å²) in [4.78, 5) is 6.18. The van der Waals surface area contributed by atoms with Gasteiger partial charge in [-0.25, -0.2) is 4.98 Å². The second-order valence-electron chi connectivity index (χ2n) is 3.73. The van der Waals surface area contributed by atoms with Gasteiger partial charge in [0, 0.05) is 17.8 Å². The van der Waals surface area contributed by atoms with Crippen molar-refractivity contribution in [3.63, 3.8) is 0 Å². The first-order chi connectivity index (χ1) is 5.88. The maximum atomic E-state index is 4.60. The topological polar surface area (TPSA) is 24.9 Å². The Hall–Kier alpha value is -0.570. The third-order valence-corrected chi connectivity index (χ3v) is 4.34. The molecule has 1 aromatic heterocycles. The average molecular weight is 180 g/mol. The van der Waals surface area contributed by atoms with Crippen LogP contribution in [0.5, 0.6) is 0 Å². The first-order valence-electron chi connectivity index (χ1n) is 4.57. The minimum Gasteiger partial charge on any atom is -0.365 e. The van der Waals surface area contributed by atoms with Crippen molar-refractivity contribution < 1.29 is 0 Å². The van der Waals surface area contributed by atoms with E-state index in [4.69, 9.17) is 0 Å². The minimum absolute atomic E-state index is 0.809. The van der Waals surface area contributed by atoms with Crippen LogP contribution in [0.4, 0.5) is 5.13 Å². The van der Waals surface area contributed by atoms with E-state index in [1.165, 1.54) is 25.0 Å². The smallest absolute Gasteiger partial charge is 0.182 e. The minimum atomic E-state index is 0.809. The molecule has 2 nitrogen and oxygen atoms in total. The molecule has 1 aromatic rings. The van der Waals surface area contributed by atoms with E-state index in [2.05, 4.69) is 10.3 Å². The van der Waals surface area contributed by atoms with Crippen LogP contribution in [0.25, 0.3) is 0 Å². The summed E-state index contributed by atoms with van der Waals surface area (Å²) in [6.07, 6.45) is 4.17. The van der Waals surface area contributed by atoms with Crippen LogP contribution in [-0.4, -0.2) is 12.0 Å². The Morgan fingerprint density at radius 2 is 2.25 bits per heavy atom. The number of thiazole rings is 1. The van der Waals surface area contributed by atoms with Crippen molar-refractivity contribution in [2.24, 2.45) is 0 Å². The van der Waals surface area contributed by atoms with E-state index < -0.39 is 0 Å². The summed E-state index contributed by atoms with van der Waals surface area (Å²) in [5, 5.41) is 4.24. The molecule has 0 saturated heterocycles. The largest absolute Gasteiger partial charge is 0.365 e. The predicted octanol–water partition coefficient (Wildman–Crippen LogP) is 2.55. The molecule has 2 atom stereocenters. The first kappa shape index (κ1) is 6.89. The van der Waals surface area contributed by atoms with E-state index in [9.17, 15) is 0 Å². The number of hydrogen-bond acceptors (Lipinski definition) is 3. The van der Waals surface area contributed by atoms with Crippen LogP contribution in [-0.2, 0) is 0 Å². The molecule has 3 heteroatoms. The maximum Gasteiger partial charge on any atom is 0.182 e. The third-order valence-electron chi connectivity index (χ3n) is 3.09. The van der Waals surface area contributed by atoms with Crippen LogP contribution in [0.15, 0.2) is 0 Å². The molecule has 2 aliphatic carbocycles. The molecule has 1 N–H and O–H groups in total.